The second kappa shape index (κ2) is 10.8. The van der Waals surface area contributed by atoms with E-state index in [9.17, 15) is 0 Å². The third-order valence-corrected chi connectivity index (χ3v) is 12.5. The van der Waals surface area contributed by atoms with Crippen molar-refractivity contribution in [2.45, 2.75) is 37.5 Å². The molecule has 1 fully saturated rings. The molecule has 0 unspecified atom stereocenters. The van der Waals surface area contributed by atoms with Gasteiger partial charge in [0, 0.05) is 27.1 Å². The molecule has 0 aliphatic heterocycles. The minimum absolute atomic E-state index is 0.0429. The van der Waals surface area contributed by atoms with Gasteiger partial charge in [0.1, 0.15) is 5.69 Å². The molecule has 0 radical (unpaired) electrons. The highest BCUT2D eigenvalue weighted by molar-refractivity contribution is 6.30. The Balaban J connectivity index is 1.33. The fraction of sp³-hybridized carbons (Fsp3) is 0.120. The van der Waals surface area contributed by atoms with Crippen molar-refractivity contribution in [3.63, 3.8) is 0 Å². The molecule has 2 aromatic heterocycles. The molecule has 12 rings (SSSR count). The molecule has 53 heavy (non-hydrogen) atoms. The molecule has 0 amide bonds. The van der Waals surface area contributed by atoms with E-state index in [0.717, 1.165) is 28.1 Å². The highest BCUT2D eigenvalue weighted by Gasteiger charge is 2.46. The average molecular weight is 678 g/mol. The maximum Gasteiger partial charge on any atom is 0.165 e. The first-order valence-corrected chi connectivity index (χ1v) is 19.1. The third-order valence-electron chi connectivity index (χ3n) is 12.5. The standard InChI is InChI=1S/C50H35N3/c1-12-28-50(29-13-1)39-21-9-8-20-38(39)43-36-18-6-7-19-37(36)48-45(46(43)50)44-35-17-5-4-15-32(35)26-27-42(44)53(48)49-47(51-40-22-10-11-23-41(40)52-49)34-25-24-31-14-2-3-16-33(31)30-34/h2-11,14-27,30H,1,12-13,28-29H2. The Labute approximate surface area is 307 Å². The molecule has 0 saturated heterocycles. The number of benzene rings is 8. The van der Waals surface area contributed by atoms with Gasteiger partial charge in [-0.05, 0) is 86.3 Å². The first-order valence-electron chi connectivity index (χ1n) is 19.1. The van der Waals surface area contributed by atoms with Gasteiger partial charge in [-0.2, -0.15) is 0 Å². The molecular formula is C50H35N3. The number of rotatable bonds is 2. The van der Waals surface area contributed by atoms with Crippen LogP contribution in [0.15, 0.2) is 152 Å². The SMILES string of the molecule is c1ccc2c(c1)-c1c(c3c4c5ccccc5ccc4n(-c4nc5ccccc5nc4-c4ccc5ccccc5c4)c3c3ccccc13)C21CCCCC1. The third kappa shape index (κ3) is 3.94. The molecule has 2 aliphatic carbocycles. The first-order chi connectivity index (χ1) is 26.3. The summed E-state index contributed by atoms with van der Waals surface area (Å²) in [6.45, 7) is 0. The van der Waals surface area contributed by atoms with E-state index < -0.39 is 0 Å². The Morgan fingerprint density at radius 3 is 2.02 bits per heavy atom. The van der Waals surface area contributed by atoms with E-state index in [1.807, 2.05) is 0 Å². The van der Waals surface area contributed by atoms with Crippen molar-refractivity contribution in [2.75, 3.05) is 0 Å². The van der Waals surface area contributed by atoms with Crippen LogP contribution in [0.4, 0.5) is 0 Å². The number of aromatic nitrogens is 3. The van der Waals surface area contributed by atoms with Crippen molar-refractivity contribution in [1.82, 2.24) is 14.5 Å². The summed E-state index contributed by atoms with van der Waals surface area (Å²) in [5.74, 6) is 0.868. The lowest BCUT2D eigenvalue weighted by atomic mass is 9.66. The Kier molecular flexibility index (Phi) is 5.99. The van der Waals surface area contributed by atoms with Crippen molar-refractivity contribution >= 4 is 65.2 Å². The summed E-state index contributed by atoms with van der Waals surface area (Å²) in [4.78, 5) is 11.1. The van der Waals surface area contributed by atoms with Gasteiger partial charge in [0.2, 0.25) is 0 Å². The Morgan fingerprint density at radius 1 is 0.509 bits per heavy atom. The second-order valence-corrected chi connectivity index (χ2v) is 15.2. The van der Waals surface area contributed by atoms with E-state index in [1.165, 1.54) is 108 Å². The summed E-state index contributed by atoms with van der Waals surface area (Å²) in [5, 5.41) is 10.2. The summed E-state index contributed by atoms with van der Waals surface area (Å²) in [5.41, 5.74) is 12.0. The molecule has 0 bridgehead atoms. The van der Waals surface area contributed by atoms with Crippen LogP contribution in [0.25, 0.3) is 93.4 Å². The monoisotopic (exact) mass is 677 g/mol. The second-order valence-electron chi connectivity index (χ2n) is 15.2. The largest absolute Gasteiger partial charge is 0.291 e. The number of hydrogen-bond donors (Lipinski definition) is 0. The molecule has 3 nitrogen and oxygen atoms in total. The van der Waals surface area contributed by atoms with Crippen LogP contribution in [0, 0.1) is 0 Å². The van der Waals surface area contributed by atoms with Crippen molar-refractivity contribution < 1.29 is 0 Å². The summed E-state index contributed by atoms with van der Waals surface area (Å²) < 4.78 is 2.49. The fourth-order valence-corrected chi connectivity index (χ4v) is 10.3. The molecule has 1 saturated carbocycles. The highest BCUT2D eigenvalue weighted by atomic mass is 15.1. The summed E-state index contributed by atoms with van der Waals surface area (Å²) in [6.07, 6.45) is 6.11. The minimum atomic E-state index is -0.0429. The number of hydrogen-bond acceptors (Lipinski definition) is 2. The van der Waals surface area contributed by atoms with E-state index in [-0.39, 0.29) is 5.41 Å². The zero-order valence-corrected chi connectivity index (χ0v) is 29.3. The van der Waals surface area contributed by atoms with Crippen LogP contribution < -0.4 is 0 Å². The zero-order chi connectivity index (χ0) is 34.7. The Hall–Kier alpha value is -6.32. The van der Waals surface area contributed by atoms with Crippen molar-refractivity contribution in [3.05, 3.63) is 163 Å². The van der Waals surface area contributed by atoms with Gasteiger partial charge in [0.15, 0.2) is 5.82 Å². The van der Waals surface area contributed by atoms with Gasteiger partial charge in [-0.3, -0.25) is 4.57 Å². The van der Waals surface area contributed by atoms with Crippen molar-refractivity contribution in [1.29, 1.82) is 0 Å². The summed E-state index contributed by atoms with van der Waals surface area (Å²) in [6, 6.07) is 55.7. The van der Waals surface area contributed by atoms with Gasteiger partial charge in [0.25, 0.3) is 0 Å². The van der Waals surface area contributed by atoms with Crippen LogP contribution in [0.3, 0.4) is 0 Å². The molecule has 10 aromatic rings. The van der Waals surface area contributed by atoms with Crippen LogP contribution in [0.2, 0.25) is 0 Å². The average Bonchev–Trinajstić information content (AvgIpc) is 3.71. The molecule has 250 valence electrons. The smallest absolute Gasteiger partial charge is 0.165 e. The maximum atomic E-state index is 5.60. The molecule has 3 heteroatoms. The molecular weight excluding hydrogens is 643 g/mol. The molecule has 0 N–H and O–H groups in total. The van der Waals surface area contributed by atoms with Gasteiger partial charge in [-0.1, -0.05) is 147 Å². The molecule has 8 aromatic carbocycles. The van der Waals surface area contributed by atoms with Gasteiger partial charge < -0.3 is 0 Å². The van der Waals surface area contributed by atoms with E-state index in [4.69, 9.17) is 9.97 Å². The van der Waals surface area contributed by atoms with Crippen LogP contribution in [0.5, 0.6) is 0 Å². The van der Waals surface area contributed by atoms with E-state index >= 15 is 0 Å². The zero-order valence-electron chi connectivity index (χ0n) is 29.3. The van der Waals surface area contributed by atoms with Crippen LogP contribution in [-0.2, 0) is 5.41 Å². The quantitative estimate of drug-likeness (QED) is 0.182. The van der Waals surface area contributed by atoms with Gasteiger partial charge in [-0.25, -0.2) is 9.97 Å². The van der Waals surface area contributed by atoms with Crippen LogP contribution in [0.1, 0.15) is 43.2 Å². The number of fused-ring (bicyclic) bond motifs is 16. The van der Waals surface area contributed by atoms with Gasteiger partial charge in [-0.15, -0.1) is 0 Å². The molecule has 2 heterocycles. The van der Waals surface area contributed by atoms with E-state index in [1.54, 1.807) is 0 Å². The van der Waals surface area contributed by atoms with Crippen molar-refractivity contribution in [3.8, 4) is 28.2 Å². The molecule has 0 atom stereocenters. The summed E-state index contributed by atoms with van der Waals surface area (Å²) >= 11 is 0. The van der Waals surface area contributed by atoms with E-state index in [2.05, 4.69) is 156 Å². The van der Waals surface area contributed by atoms with E-state index in [0.29, 0.717) is 0 Å². The molecule has 2 aliphatic rings. The summed E-state index contributed by atoms with van der Waals surface area (Å²) in [7, 11) is 0. The predicted octanol–water partition coefficient (Wildman–Crippen LogP) is 13.1. The minimum Gasteiger partial charge on any atom is -0.291 e. The van der Waals surface area contributed by atoms with Gasteiger partial charge in [0.05, 0.1) is 22.1 Å². The van der Waals surface area contributed by atoms with Crippen LogP contribution in [-0.4, -0.2) is 14.5 Å². The topological polar surface area (TPSA) is 30.7 Å². The highest BCUT2D eigenvalue weighted by Crippen LogP contribution is 2.61. The number of para-hydroxylation sites is 2. The fourth-order valence-electron chi connectivity index (χ4n) is 10.3. The normalized spacial score (nSPS) is 14.9. The first kappa shape index (κ1) is 29.3. The molecule has 1 spiro atoms. The Morgan fingerprint density at radius 2 is 1.17 bits per heavy atom. The maximum absolute atomic E-state index is 5.60. The lowest BCUT2D eigenvalue weighted by Gasteiger charge is -2.36. The lowest BCUT2D eigenvalue weighted by molar-refractivity contribution is 0.355. The van der Waals surface area contributed by atoms with Gasteiger partial charge >= 0.3 is 0 Å². The predicted molar refractivity (Wildman–Crippen MR) is 221 cm³/mol. The number of nitrogens with zero attached hydrogens (tertiary/aromatic N) is 3. The Bertz CT molecular complexity index is 3160. The lowest BCUT2D eigenvalue weighted by Crippen LogP contribution is -2.28. The van der Waals surface area contributed by atoms with Crippen molar-refractivity contribution in [2.24, 2.45) is 0 Å². The van der Waals surface area contributed by atoms with Crippen LogP contribution >= 0.6 is 0 Å².